The fraction of sp³-hybridized carbons (Fsp3) is 0.385. The number of hydrogen-bond acceptors (Lipinski definition) is 7. The van der Waals surface area contributed by atoms with Gasteiger partial charge in [0.25, 0.3) is 11.7 Å². The van der Waals surface area contributed by atoms with Crippen molar-refractivity contribution in [3.63, 3.8) is 0 Å². The highest BCUT2D eigenvalue weighted by molar-refractivity contribution is 6.46. The van der Waals surface area contributed by atoms with E-state index in [1.165, 1.54) is 12.0 Å². The zero-order chi connectivity index (χ0) is 25.0. The molecule has 182 valence electrons. The number of carbonyl (C=O) groups excluding carboxylic acids is 2. The van der Waals surface area contributed by atoms with Gasteiger partial charge in [-0.15, -0.1) is 0 Å². The molecule has 1 atom stereocenters. The van der Waals surface area contributed by atoms with Crippen molar-refractivity contribution in [2.45, 2.75) is 19.4 Å². The quantitative estimate of drug-likeness (QED) is 0.343. The first kappa shape index (κ1) is 25.1. The van der Waals surface area contributed by atoms with Crippen molar-refractivity contribution < 1.29 is 28.9 Å². The van der Waals surface area contributed by atoms with E-state index in [0.717, 1.165) is 12.1 Å². The van der Waals surface area contributed by atoms with Crippen LogP contribution in [0.2, 0.25) is 0 Å². The highest BCUT2D eigenvalue weighted by atomic mass is 16.5. The second-order valence-corrected chi connectivity index (χ2v) is 8.44. The highest BCUT2D eigenvalue weighted by Crippen LogP contribution is 2.44. The average Bonchev–Trinajstić information content (AvgIpc) is 3.07. The Morgan fingerprint density at radius 3 is 2.24 bits per heavy atom. The lowest BCUT2D eigenvalue weighted by molar-refractivity contribution is -0.140. The number of ketones is 1. The minimum atomic E-state index is -0.801. The number of Topliss-reactive ketones (excluding diaryl/α,β-unsaturated/α-hetero) is 1. The van der Waals surface area contributed by atoms with E-state index < -0.39 is 17.7 Å². The molecule has 1 N–H and O–H groups in total. The highest BCUT2D eigenvalue weighted by Gasteiger charge is 2.47. The monoisotopic (exact) mass is 468 g/mol. The van der Waals surface area contributed by atoms with Gasteiger partial charge in [-0.05, 0) is 69.9 Å². The molecular weight excluding hydrogens is 436 g/mol. The van der Waals surface area contributed by atoms with E-state index in [1.807, 2.05) is 25.9 Å². The lowest BCUT2D eigenvalue weighted by atomic mass is 9.93. The van der Waals surface area contributed by atoms with Crippen LogP contribution in [-0.2, 0) is 9.59 Å². The van der Waals surface area contributed by atoms with Crippen molar-refractivity contribution in [3.8, 4) is 17.2 Å². The van der Waals surface area contributed by atoms with Crippen molar-refractivity contribution in [2.75, 3.05) is 48.5 Å². The van der Waals surface area contributed by atoms with Gasteiger partial charge in [0.1, 0.15) is 23.0 Å². The van der Waals surface area contributed by atoms with Crippen LogP contribution >= 0.6 is 0 Å². The number of aryl methyl sites for hydroxylation is 1. The molecule has 0 aliphatic carbocycles. The van der Waals surface area contributed by atoms with Gasteiger partial charge in [-0.2, -0.15) is 0 Å². The first-order valence-corrected chi connectivity index (χ1v) is 11.0. The van der Waals surface area contributed by atoms with Gasteiger partial charge in [0, 0.05) is 23.7 Å². The average molecular weight is 469 g/mol. The molecular formula is C26H32N2O6. The van der Waals surface area contributed by atoms with Crippen molar-refractivity contribution in [2.24, 2.45) is 0 Å². The normalized spacial score (nSPS) is 17.4. The fourth-order valence-corrected chi connectivity index (χ4v) is 4.21. The summed E-state index contributed by atoms with van der Waals surface area (Å²) in [7, 11) is 8.52. The smallest absolute Gasteiger partial charge is 0.295 e. The molecule has 8 nitrogen and oxygen atoms in total. The van der Waals surface area contributed by atoms with Crippen LogP contribution < -0.4 is 14.2 Å². The Bertz CT molecular complexity index is 1110. The topological polar surface area (TPSA) is 88.5 Å². The number of aliphatic hydroxyl groups is 1. The van der Waals surface area contributed by atoms with E-state index in [-0.39, 0.29) is 11.3 Å². The maximum atomic E-state index is 13.3. The molecule has 1 fully saturated rings. The minimum Gasteiger partial charge on any atom is -0.507 e. The van der Waals surface area contributed by atoms with E-state index >= 15 is 0 Å². The van der Waals surface area contributed by atoms with Gasteiger partial charge in [-0.1, -0.05) is 0 Å². The van der Waals surface area contributed by atoms with Crippen LogP contribution in [-0.4, -0.2) is 75.1 Å². The number of benzene rings is 2. The number of aliphatic hydroxyl groups excluding tert-OH is 1. The molecule has 0 spiro atoms. The minimum absolute atomic E-state index is 0.0339. The summed E-state index contributed by atoms with van der Waals surface area (Å²) in [5, 5.41) is 11.3. The third-order valence-corrected chi connectivity index (χ3v) is 5.97. The number of amides is 1. The summed E-state index contributed by atoms with van der Waals surface area (Å²) >= 11 is 0. The van der Waals surface area contributed by atoms with Crippen molar-refractivity contribution in [1.29, 1.82) is 0 Å². The zero-order valence-electron chi connectivity index (χ0n) is 20.5. The van der Waals surface area contributed by atoms with Crippen LogP contribution in [0.25, 0.3) is 5.76 Å². The van der Waals surface area contributed by atoms with Gasteiger partial charge >= 0.3 is 0 Å². The van der Waals surface area contributed by atoms with E-state index in [0.29, 0.717) is 41.3 Å². The number of nitrogens with zero attached hydrogens (tertiary/aromatic N) is 2. The number of carbonyl (C=O) groups is 2. The summed E-state index contributed by atoms with van der Waals surface area (Å²) in [5.74, 6) is 0.0789. The van der Waals surface area contributed by atoms with E-state index in [2.05, 4.69) is 0 Å². The number of hydrogen-bond donors (Lipinski definition) is 1. The number of ether oxygens (including phenoxy) is 3. The summed E-state index contributed by atoms with van der Waals surface area (Å²) in [4.78, 5) is 29.9. The molecule has 1 amide bonds. The van der Waals surface area contributed by atoms with Gasteiger partial charge in [0.15, 0.2) is 0 Å². The van der Waals surface area contributed by atoms with E-state index in [9.17, 15) is 14.7 Å². The molecule has 34 heavy (non-hydrogen) atoms. The molecule has 1 heterocycles. The Morgan fingerprint density at radius 1 is 1.00 bits per heavy atom. The van der Waals surface area contributed by atoms with E-state index in [4.69, 9.17) is 14.2 Å². The molecule has 1 aliphatic heterocycles. The summed E-state index contributed by atoms with van der Waals surface area (Å²) in [6.07, 6.45) is 0.663. The fourth-order valence-electron chi connectivity index (χ4n) is 4.21. The molecule has 3 rings (SSSR count). The molecule has 2 aromatic rings. The summed E-state index contributed by atoms with van der Waals surface area (Å²) < 4.78 is 16.2. The Morgan fingerprint density at radius 2 is 1.65 bits per heavy atom. The van der Waals surface area contributed by atoms with Crippen molar-refractivity contribution in [1.82, 2.24) is 9.80 Å². The predicted octanol–water partition coefficient (Wildman–Crippen LogP) is 3.39. The predicted molar refractivity (Wildman–Crippen MR) is 129 cm³/mol. The number of likely N-dealkylation sites (tertiary alicyclic amines) is 1. The van der Waals surface area contributed by atoms with Crippen LogP contribution in [0.1, 0.15) is 29.2 Å². The zero-order valence-corrected chi connectivity index (χ0v) is 20.5. The molecule has 0 radical (unpaired) electrons. The maximum absolute atomic E-state index is 13.3. The third kappa shape index (κ3) is 4.87. The summed E-state index contributed by atoms with van der Waals surface area (Å²) in [5.41, 5.74) is 1.81. The second kappa shape index (κ2) is 10.6. The summed E-state index contributed by atoms with van der Waals surface area (Å²) in [6.45, 7) is 2.90. The van der Waals surface area contributed by atoms with Gasteiger partial charge in [-0.25, -0.2) is 0 Å². The summed E-state index contributed by atoms with van der Waals surface area (Å²) in [6, 6.07) is 9.57. The molecule has 0 saturated carbocycles. The Hall–Kier alpha value is -3.52. The molecule has 0 unspecified atom stereocenters. The van der Waals surface area contributed by atoms with Gasteiger partial charge in [0.05, 0.1) is 32.9 Å². The van der Waals surface area contributed by atoms with Crippen LogP contribution in [0.4, 0.5) is 0 Å². The van der Waals surface area contributed by atoms with Crippen LogP contribution in [0.3, 0.4) is 0 Å². The molecule has 0 bridgehead atoms. The molecule has 2 aromatic carbocycles. The number of methoxy groups -OCH3 is 3. The van der Waals surface area contributed by atoms with E-state index in [1.54, 1.807) is 50.6 Å². The first-order valence-electron chi connectivity index (χ1n) is 11.0. The number of rotatable bonds is 9. The Labute approximate surface area is 200 Å². The standard InChI is InChI=1S/C26H32N2O6/c1-16-14-17(32-4)8-10-19(16)24(29)22-23(20-11-9-18(33-5)15-21(20)34-6)28(26(31)25(22)30)13-7-12-27(2)3/h8-11,14-15,23,29H,7,12-13H2,1-6H3/t23-/m1/s1. The molecule has 8 heteroatoms. The van der Waals surface area contributed by atoms with Crippen molar-refractivity contribution in [3.05, 3.63) is 58.7 Å². The van der Waals surface area contributed by atoms with Crippen LogP contribution in [0.5, 0.6) is 17.2 Å². The lowest BCUT2D eigenvalue weighted by Gasteiger charge is -2.27. The Balaban J connectivity index is 2.19. The first-order chi connectivity index (χ1) is 16.2. The Kier molecular flexibility index (Phi) is 7.83. The van der Waals surface area contributed by atoms with Gasteiger partial charge < -0.3 is 29.1 Å². The third-order valence-electron chi connectivity index (χ3n) is 5.97. The molecule has 1 aliphatic rings. The second-order valence-electron chi connectivity index (χ2n) is 8.44. The maximum Gasteiger partial charge on any atom is 0.295 e. The van der Waals surface area contributed by atoms with Gasteiger partial charge in [0.2, 0.25) is 0 Å². The molecule has 0 aromatic heterocycles. The van der Waals surface area contributed by atoms with Gasteiger partial charge in [-0.3, -0.25) is 9.59 Å². The van der Waals surface area contributed by atoms with Crippen molar-refractivity contribution >= 4 is 17.4 Å². The largest absolute Gasteiger partial charge is 0.507 e. The SMILES string of the molecule is COc1ccc(C(O)=C2C(=O)C(=O)N(CCCN(C)C)[C@@H]2c2ccc(OC)cc2OC)c(C)c1. The van der Waals surface area contributed by atoms with Crippen LogP contribution in [0.15, 0.2) is 42.0 Å². The van der Waals surface area contributed by atoms with Crippen LogP contribution in [0, 0.1) is 6.92 Å². The lowest BCUT2D eigenvalue weighted by Crippen LogP contribution is -2.32. The molecule has 1 saturated heterocycles.